The van der Waals surface area contributed by atoms with Crippen LogP contribution in [0.15, 0.2) is 77.6 Å². The molecule has 1 aliphatic rings. The summed E-state index contributed by atoms with van der Waals surface area (Å²) in [6.07, 6.45) is 4.62. The summed E-state index contributed by atoms with van der Waals surface area (Å²) in [4.78, 5) is 16.7. The van der Waals surface area contributed by atoms with E-state index in [1.807, 2.05) is 11.6 Å². The third kappa shape index (κ3) is 5.35. The lowest BCUT2D eigenvalue weighted by Crippen LogP contribution is -2.67. The van der Waals surface area contributed by atoms with Crippen molar-refractivity contribution in [1.82, 2.24) is 19.9 Å². The number of hydrogen-bond donors (Lipinski definition) is 1. The predicted molar refractivity (Wildman–Crippen MR) is 149 cm³/mol. The Hall–Kier alpha value is -3.56. The molecule has 1 aliphatic carbocycles. The molecule has 4 aromatic rings. The molecule has 1 fully saturated rings. The highest BCUT2D eigenvalue weighted by Crippen LogP contribution is 2.41. The van der Waals surface area contributed by atoms with Gasteiger partial charge in [-0.1, -0.05) is 86.6 Å². The summed E-state index contributed by atoms with van der Waals surface area (Å²) in [7, 11) is -2.61. The zero-order valence-electron chi connectivity index (χ0n) is 22.4. The highest BCUT2D eigenvalue weighted by atomic mass is 28.4. The Bertz CT molecular complexity index is 1320. The maximum Gasteiger partial charge on any atom is 0.261 e. The average Bonchev–Trinajstić information content (AvgIpc) is 3.64. The van der Waals surface area contributed by atoms with E-state index in [2.05, 4.69) is 102 Å². The van der Waals surface area contributed by atoms with E-state index in [0.29, 0.717) is 11.7 Å². The summed E-state index contributed by atoms with van der Waals surface area (Å²) in [5.74, 6) is 0.569. The van der Waals surface area contributed by atoms with Crippen molar-refractivity contribution in [3.8, 4) is 0 Å². The van der Waals surface area contributed by atoms with Crippen molar-refractivity contribution in [2.24, 2.45) is 0 Å². The molecule has 1 amide bonds. The first-order chi connectivity index (χ1) is 18.2. The topological polar surface area (TPSA) is 95.1 Å². The summed E-state index contributed by atoms with van der Waals surface area (Å²) in [6, 6.07) is 23.4. The van der Waals surface area contributed by atoms with Gasteiger partial charge in [0.25, 0.3) is 8.32 Å². The molecule has 1 saturated carbocycles. The Labute approximate surface area is 224 Å². The smallest absolute Gasteiger partial charge is 0.261 e. The quantitative estimate of drug-likeness (QED) is 0.340. The molecule has 1 N–H and O–H groups in total. The molecular formula is C29H35N5O3Si. The highest BCUT2D eigenvalue weighted by Gasteiger charge is 2.52. The van der Waals surface area contributed by atoms with Gasteiger partial charge in [-0.05, 0) is 41.6 Å². The van der Waals surface area contributed by atoms with E-state index >= 15 is 0 Å². The standard InChI is InChI=1S/C29H35N5O3Si/c1-21-17-24(36-33-21)19-27(35)31-28-30-20-34(32-28)22-15-16-23(18-22)37-38(29(2,3)4,25-11-7-5-8-12-25)26-13-9-6-10-14-26/h5-14,17,20,22-23H,15-16,18-19H2,1-4H3,(H,31,32,35). The molecular weight excluding hydrogens is 494 g/mol. The third-order valence-corrected chi connectivity index (χ3v) is 12.4. The molecule has 0 radical (unpaired) electrons. The van der Waals surface area contributed by atoms with Gasteiger partial charge in [-0.15, -0.1) is 5.10 Å². The Morgan fingerprint density at radius 2 is 1.74 bits per heavy atom. The molecule has 2 heterocycles. The maximum absolute atomic E-state index is 12.4. The lowest BCUT2D eigenvalue weighted by atomic mass is 10.2. The zero-order chi connectivity index (χ0) is 26.8. The fourth-order valence-corrected chi connectivity index (χ4v) is 10.3. The Morgan fingerprint density at radius 1 is 1.08 bits per heavy atom. The molecule has 0 saturated heterocycles. The molecule has 0 spiro atoms. The van der Waals surface area contributed by atoms with E-state index in [9.17, 15) is 4.79 Å². The summed E-state index contributed by atoms with van der Waals surface area (Å²) >= 11 is 0. The number of nitrogens with zero attached hydrogens (tertiary/aromatic N) is 4. The van der Waals surface area contributed by atoms with E-state index in [-0.39, 0.29) is 29.5 Å². The van der Waals surface area contributed by atoms with E-state index in [1.165, 1.54) is 10.4 Å². The van der Waals surface area contributed by atoms with Crippen LogP contribution in [-0.4, -0.2) is 40.2 Å². The van der Waals surface area contributed by atoms with Crippen LogP contribution in [0.4, 0.5) is 5.95 Å². The van der Waals surface area contributed by atoms with Crippen molar-refractivity contribution in [1.29, 1.82) is 0 Å². The van der Waals surface area contributed by atoms with Crippen LogP contribution in [0.1, 0.15) is 57.5 Å². The van der Waals surface area contributed by atoms with Crippen LogP contribution in [0, 0.1) is 6.92 Å². The number of anilines is 1. The van der Waals surface area contributed by atoms with Gasteiger partial charge in [-0.2, -0.15) is 0 Å². The molecule has 2 aromatic carbocycles. The normalized spacial score (nSPS) is 18.0. The van der Waals surface area contributed by atoms with Crippen LogP contribution >= 0.6 is 0 Å². The first-order valence-corrected chi connectivity index (χ1v) is 15.1. The second kappa shape index (κ2) is 10.7. The first kappa shape index (κ1) is 26.1. The molecule has 5 rings (SSSR count). The van der Waals surface area contributed by atoms with Crippen LogP contribution in [0.25, 0.3) is 0 Å². The number of carbonyl (C=O) groups excluding carboxylic acids is 1. The predicted octanol–water partition coefficient (Wildman–Crippen LogP) is 4.43. The lowest BCUT2D eigenvalue weighted by Gasteiger charge is -2.44. The lowest BCUT2D eigenvalue weighted by molar-refractivity contribution is -0.115. The van der Waals surface area contributed by atoms with Crippen LogP contribution in [-0.2, 0) is 15.6 Å². The van der Waals surface area contributed by atoms with Gasteiger partial charge < -0.3 is 8.95 Å². The Balaban J connectivity index is 1.32. The van der Waals surface area contributed by atoms with E-state index in [4.69, 9.17) is 8.95 Å². The van der Waals surface area contributed by atoms with Crippen LogP contribution in [0.3, 0.4) is 0 Å². The van der Waals surface area contributed by atoms with Gasteiger partial charge >= 0.3 is 0 Å². The van der Waals surface area contributed by atoms with Crippen molar-refractivity contribution in [2.75, 3.05) is 5.32 Å². The van der Waals surface area contributed by atoms with Gasteiger partial charge in [-0.3, -0.25) is 10.1 Å². The fourth-order valence-electron chi connectivity index (χ4n) is 5.54. The fraction of sp³-hybridized carbons (Fsp3) is 0.379. The average molecular weight is 530 g/mol. The second-order valence-electron chi connectivity index (χ2n) is 11.1. The van der Waals surface area contributed by atoms with Crippen LogP contribution < -0.4 is 15.7 Å². The van der Waals surface area contributed by atoms with Gasteiger partial charge in [-0.25, -0.2) is 9.67 Å². The second-order valence-corrected chi connectivity index (χ2v) is 15.3. The largest absolute Gasteiger partial charge is 0.404 e. The molecule has 2 unspecified atom stereocenters. The molecule has 8 nitrogen and oxygen atoms in total. The van der Waals surface area contributed by atoms with Gasteiger partial charge in [0.15, 0.2) is 0 Å². The molecule has 9 heteroatoms. The minimum atomic E-state index is -2.61. The van der Waals surface area contributed by atoms with Crippen molar-refractivity contribution < 1.29 is 13.7 Å². The van der Waals surface area contributed by atoms with Crippen molar-refractivity contribution >= 4 is 30.5 Å². The summed E-state index contributed by atoms with van der Waals surface area (Å²) < 4.78 is 14.3. The van der Waals surface area contributed by atoms with E-state index in [1.54, 1.807) is 12.4 Å². The Morgan fingerprint density at radius 3 is 2.32 bits per heavy atom. The number of aromatic nitrogens is 4. The number of benzene rings is 2. The number of nitrogens with one attached hydrogen (secondary N) is 1. The molecule has 0 aliphatic heterocycles. The minimum absolute atomic E-state index is 0.0689. The van der Waals surface area contributed by atoms with Crippen molar-refractivity contribution in [3.63, 3.8) is 0 Å². The number of rotatable bonds is 8. The third-order valence-electron chi connectivity index (χ3n) is 7.26. The molecule has 38 heavy (non-hydrogen) atoms. The van der Waals surface area contributed by atoms with E-state index in [0.717, 1.165) is 25.0 Å². The van der Waals surface area contributed by atoms with Gasteiger partial charge in [0, 0.05) is 12.2 Å². The number of hydrogen-bond acceptors (Lipinski definition) is 6. The van der Waals surface area contributed by atoms with Crippen LogP contribution in [0.2, 0.25) is 5.04 Å². The maximum atomic E-state index is 12.4. The summed E-state index contributed by atoms with van der Waals surface area (Å²) in [6.45, 7) is 8.73. The molecule has 2 atom stereocenters. The van der Waals surface area contributed by atoms with Crippen molar-refractivity contribution in [2.45, 2.75) is 70.6 Å². The molecule has 0 bridgehead atoms. The van der Waals surface area contributed by atoms with Gasteiger partial charge in [0.2, 0.25) is 11.9 Å². The first-order valence-electron chi connectivity index (χ1n) is 13.2. The zero-order valence-corrected chi connectivity index (χ0v) is 23.4. The number of aryl methyl sites for hydroxylation is 1. The highest BCUT2D eigenvalue weighted by molar-refractivity contribution is 6.99. The van der Waals surface area contributed by atoms with E-state index < -0.39 is 8.32 Å². The minimum Gasteiger partial charge on any atom is -0.404 e. The molecule has 198 valence electrons. The Kier molecular flexibility index (Phi) is 7.31. The SMILES string of the molecule is Cc1cc(CC(=O)Nc2ncn(C3CCC(O[Si](c4ccccc4)(c4ccccc4)C(C)(C)C)C3)n2)on1. The van der Waals surface area contributed by atoms with Gasteiger partial charge in [0.1, 0.15) is 12.1 Å². The van der Waals surface area contributed by atoms with Crippen LogP contribution in [0.5, 0.6) is 0 Å². The van der Waals surface area contributed by atoms with Crippen molar-refractivity contribution in [3.05, 3.63) is 84.5 Å². The summed E-state index contributed by atoms with van der Waals surface area (Å²) in [5.41, 5.74) is 0.742. The number of amides is 1. The monoisotopic (exact) mass is 529 g/mol. The number of carbonyl (C=O) groups is 1. The summed E-state index contributed by atoms with van der Waals surface area (Å²) in [5, 5.41) is 13.6. The molecule has 2 aromatic heterocycles. The van der Waals surface area contributed by atoms with Gasteiger partial charge in [0.05, 0.1) is 18.2 Å².